The summed E-state index contributed by atoms with van der Waals surface area (Å²) in [6.45, 7) is 0. The molecule has 4 aromatic heterocycles. The summed E-state index contributed by atoms with van der Waals surface area (Å²) in [5.41, 5.74) is 10.7. The van der Waals surface area contributed by atoms with Crippen molar-refractivity contribution < 1.29 is 8.83 Å². The molecular weight excluding hydrogens is 695 g/mol. The van der Waals surface area contributed by atoms with E-state index in [1.165, 1.54) is 36.5 Å². The van der Waals surface area contributed by atoms with Gasteiger partial charge in [0.2, 0.25) is 5.89 Å². The molecule has 8 aromatic carbocycles. The van der Waals surface area contributed by atoms with Gasteiger partial charge in [-0.15, -0.1) is 11.3 Å². The maximum Gasteiger partial charge on any atom is 0.227 e. The van der Waals surface area contributed by atoms with Crippen molar-refractivity contribution in [1.29, 1.82) is 0 Å². The molecule has 258 valence electrons. The van der Waals surface area contributed by atoms with E-state index >= 15 is 0 Å². The van der Waals surface area contributed by atoms with Crippen molar-refractivity contribution in [3.63, 3.8) is 0 Å². The normalized spacial score (nSPS) is 12.0. The van der Waals surface area contributed by atoms with Gasteiger partial charge in [-0.05, 0) is 72.8 Å². The van der Waals surface area contributed by atoms with E-state index < -0.39 is 0 Å². The number of anilines is 3. The van der Waals surface area contributed by atoms with Crippen molar-refractivity contribution in [1.82, 2.24) is 9.55 Å². The number of fused-ring (bicyclic) bond motifs is 10. The van der Waals surface area contributed by atoms with Gasteiger partial charge in [0, 0.05) is 71.8 Å². The standard InChI is InChI=1S/C49H29N3O2S/c1-3-12-30(13-4-1)49-50-40-29-45-39(28-46(40)54-49)36-25-23-33(27-44(36)53-45)51(42-20-11-18-38-37-17-8-10-21-47(37)55-48(38)42)32-22-24-35-34-16-7-9-19-41(34)52(43(35)26-32)31-14-5-2-6-15-31/h1-29H. The topological polar surface area (TPSA) is 47.3 Å². The molecule has 0 aliphatic carbocycles. The minimum Gasteiger partial charge on any atom is -0.456 e. The average molecular weight is 724 g/mol. The molecule has 0 aliphatic heterocycles. The Balaban J connectivity index is 1.09. The minimum absolute atomic E-state index is 0.601. The zero-order chi connectivity index (χ0) is 36.0. The van der Waals surface area contributed by atoms with Crippen molar-refractivity contribution in [2.45, 2.75) is 0 Å². The molecule has 0 fully saturated rings. The molecule has 55 heavy (non-hydrogen) atoms. The predicted octanol–water partition coefficient (Wildman–Crippen LogP) is 14.3. The maximum absolute atomic E-state index is 6.65. The molecular formula is C49H29N3O2S. The van der Waals surface area contributed by atoms with Crippen LogP contribution in [0.5, 0.6) is 0 Å². The van der Waals surface area contributed by atoms with Crippen LogP contribution in [-0.4, -0.2) is 9.55 Å². The predicted molar refractivity (Wildman–Crippen MR) is 229 cm³/mol. The van der Waals surface area contributed by atoms with Crippen molar-refractivity contribution >= 4 is 103 Å². The molecule has 0 saturated heterocycles. The molecule has 0 radical (unpaired) electrons. The number of furan rings is 1. The van der Waals surface area contributed by atoms with E-state index in [2.05, 4.69) is 149 Å². The largest absolute Gasteiger partial charge is 0.456 e. The first-order chi connectivity index (χ1) is 27.2. The summed E-state index contributed by atoms with van der Waals surface area (Å²) in [5, 5.41) is 6.98. The van der Waals surface area contributed by atoms with Gasteiger partial charge in [0.1, 0.15) is 16.7 Å². The Morgan fingerprint density at radius 2 is 1.16 bits per heavy atom. The number of benzene rings is 8. The second kappa shape index (κ2) is 11.7. The van der Waals surface area contributed by atoms with Crippen LogP contribution in [0.2, 0.25) is 0 Å². The van der Waals surface area contributed by atoms with Crippen LogP contribution in [0, 0.1) is 0 Å². The summed E-state index contributed by atoms with van der Waals surface area (Å²) in [4.78, 5) is 7.19. The molecule has 0 spiro atoms. The fourth-order valence-corrected chi connectivity index (χ4v) is 9.52. The Bertz CT molecular complexity index is 3450. The second-order valence-electron chi connectivity index (χ2n) is 14.0. The third kappa shape index (κ3) is 4.62. The van der Waals surface area contributed by atoms with Crippen molar-refractivity contribution in [2.24, 2.45) is 0 Å². The number of aromatic nitrogens is 2. The average Bonchev–Trinajstić information content (AvgIpc) is 4.01. The summed E-state index contributed by atoms with van der Waals surface area (Å²) in [7, 11) is 0. The van der Waals surface area contributed by atoms with Gasteiger partial charge in [0.25, 0.3) is 0 Å². The fourth-order valence-electron chi connectivity index (χ4n) is 8.32. The number of oxazole rings is 1. The minimum atomic E-state index is 0.601. The van der Waals surface area contributed by atoms with Crippen LogP contribution in [0.25, 0.3) is 92.2 Å². The molecule has 12 aromatic rings. The molecule has 6 heteroatoms. The molecule has 0 bridgehead atoms. The Hall–Kier alpha value is -7.15. The lowest BCUT2D eigenvalue weighted by atomic mass is 10.1. The highest BCUT2D eigenvalue weighted by molar-refractivity contribution is 7.26. The van der Waals surface area contributed by atoms with Crippen LogP contribution in [-0.2, 0) is 0 Å². The summed E-state index contributed by atoms with van der Waals surface area (Å²) >= 11 is 1.83. The lowest BCUT2D eigenvalue weighted by molar-refractivity contribution is 0.620. The molecule has 0 saturated carbocycles. The molecule has 4 heterocycles. The summed E-state index contributed by atoms with van der Waals surface area (Å²) in [6.07, 6.45) is 0. The SMILES string of the molecule is c1ccc(-c2nc3cc4oc5cc(N(c6ccc7c8ccccc8n(-c8ccccc8)c7c6)c6cccc7c6sc6ccccc67)ccc5c4cc3o2)cc1. The summed E-state index contributed by atoms with van der Waals surface area (Å²) < 4.78 is 17.8. The van der Waals surface area contributed by atoms with E-state index in [-0.39, 0.29) is 0 Å². The first-order valence-electron chi connectivity index (χ1n) is 18.4. The zero-order valence-corrected chi connectivity index (χ0v) is 30.1. The van der Waals surface area contributed by atoms with Gasteiger partial charge < -0.3 is 18.3 Å². The number of hydrogen-bond donors (Lipinski definition) is 0. The molecule has 0 aliphatic rings. The van der Waals surface area contributed by atoms with E-state index in [4.69, 9.17) is 13.8 Å². The van der Waals surface area contributed by atoms with Gasteiger partial charge in [0.15, 0.2) is 5.58 Å². The van der Waals surface area contributed by atoms with Crippen LogP contribution < -0.4 is 4.90 Å². The zero-order valence-electron chi connectivity index (χ0n) is 29.3. The molecule has 0 amide bonds. The van der Waals surface area contributed by atoms with Crippen LogP contribution in [0.15, 0.2) is 185 Å². The molecule has 12 rings (SSSR count). The molecule has 0 atom stereocenters. The first-order valence-corrected chi connectivity index (χ1v) is 19.2. The van der Waals surface area contributed by atoms with Crippen molar-refractivity contribution in [2.75, 3.05) is 4.90 Å². The number of hydrogen-bond acceptors (Lipinski definition) is 5. The highest BCUT2D eigenvalue weighted by Crippen LogP contribution is 2.47. The lowest BCUT2D eigenvalue weighted by Gasteiger charge is -2.26. The second-order valence-corrected chi connectivity index (χ2v) is 15.0. The number of para-hydroxylation sites is 2. The van der Waals surface area contributed by atoms with E-state index in [1.54, 1.807) is 0 Å². The Kier molecular flexibility index (Phi) is 6.44. The van der Waals surface area contributed by atoms with E-state index in [9.17, 15) is 0 Å². The molecule has 5 nitrogen and oxygen atoms in total. The Morgan fingerprint density at radius 3 is 2.04 bits per heavy atom. The van der Waals surface area contributed by atoms with E-state index in [0.29, 0.717) is 5.89 Å². The molecule has 0 N–H and O–H groups in total. The third-order valence-corrected chi connectivity index (χ3v) is 12.0. The number of rotatable bonds is 5. The quantitative estimate of drug-likeness (QED) is 0.177. The molecule has 0 unspecified atom stereocenters. The maximum atomic E-state index is 6.65. The fraction of sp³-hybridized carbons (Fsp3) is 0. The van der Waals surface area contributed by atoms with Crippen molar-refractivity contribution in [3.8, 4) is 17.1 Å². The monoisotopic (exact) mass is 723 g/mol. The first kappa shape index (κ1) is 30.3. The van der Waals surface area contributed by atoms with E-state index in [1.807, 2.05) is 47.7 Å². The van der Waals surface area contributed by atoms with Gasteiger partial charge >= 0.3 is 0 Å². The summed E-state index contributed by atoms with van der Waals surface area (Å²) in [5.74, 6) is 0.601. The van der Waals surface area contributed by atoms with Gasteiger partial charge in [-0.1, -0.05) is 91.0 Å². The highest BCUT2D eigenvalue weighted by atomic mass is 32.1. The van der Waals surface area contributed by atoms with Gasteiger partial charge in [-0.3, -0.25) is 0 Å². The number of thiophene rings is 1. The lowest BCUT2D eigenvalue weighted by Crippen LogP contribution is -2.10. The third-order valence-electron chi connectivity index (χ3n) is 10.8. The van der Waals surface area contributed by atoms with Gasteiger partial charge in [-0.25, -0.2) is 4.98 Å². The van der Waals surface area contributed by atoms with Crippen LogP contribution in [0.4, 0.5) is 17.1 Å². The summed E-state index contributed by atoms with van der Waals surface area (Å²) in [6, 6.07) is 62.1. The van der Waals surface area contributed by atoms with Crippen LogP contribution >= 0.6 is 11.3 Å². The highest BCUT2D eigenvalue weighted by Gasteiger charge is 2.22. The van der Waals surface area contributed by atoms with Gasteiger partial charge in [-0.2, -0.15) is 0 Å². The van der Waals surface area contributed by atoms with Crippen molar-refractivity contribution in [3.05, 3.63) is 176 Å². The number of nitrogens with zero attached hydrogens (tertiary/aromatic N) is 3. The van der Waals surface area contributed by atoms with Crippen LogP contribution in [0.3, 0.4) is 0 Å². The van der Waals surface area contributed by atoms with E-state index in [0.717, 1.165) is 66.9 Å². The smallest absolute Gasteiger partial charge is 0.227 e. The Morgan fingerprint density at radius 1 is 0.473 bits per heavy atom. The van der Waals surface area contributed by atoms with Crippen LogP contribution in [0.1, 0.15) is 0 Å². The Labute approximate surface area is 318 Å². The van der Waals surface area contributed by atoms with Gasteiger partial charge in [0.05, 0.1) is 21.4 Å².